The molecule has 1 aromatic rings. The second-order valence-electron chi connectivity index (χ2n) is 6.21. The molecular formula is C16H18ClF3O. The lowest BCUT2D eigenvalue weighted by atomic mass is 9.89. The van der Waals surface area contributed by atoms with E-state index in [-0.39, 0.29) is 11.6 Å². The molecule has 2 bridgehead atoms. The summed E-state index contributed by atoms with van der Waals surface area (Å²) in [4.78, 5) is 0. The summed E-state index contributed by atoms with van der Waals surface area (Å²) in [7, 11) is 0. The molecule has 2 saturated carbocycles. The topological polar surface area (TPSA) is 9.23 Å². The monoisotopic (exact) mass is 318 g/mol. The first-order valence-electron chi connectivity index (χ1n) is 7.36. The molecule has 0 heterocycles. The molecule has 0 aliphatic heterocycles. The minimum Gasteiger partial charge on any atom is -0.493 e. The summed E-state index contributed by atoms with van der Waals surface area (Å²) in [5, 5.41) is 0. The summed E-state index contributed by atoms with van der Waals surface area (Å²) in [6.45, 7) is 0.393. The zero-order valence-corrected chi connectivity index (χ0v) is 12.4. The Morgan fingerprint density at radius 3 is 2.57 bits per heavy atom. The molecule has 0 amide bonds. The Hall–Kier alpha value is -0.900. The Kier molecular flexibility index (Phi) is 4.08. The molecule has 2 aliphatic rings. The SMILES string of the molecule is FC(F)(F)c1cc(CCl)ccc1OCC1CC2CCC1C2. The minimum absolute atomic E-state index is 0.0652. The predicted octanol–water partition coefficient (Wildman–Crippen LogP) is 5.26. The standard InChI is InChI=1S/C16H18ClF3O/c17-8-11-2-4-15(14(7-11)16(18,19)20)21-9-13-6-10-1-3-12(13)5-10/h2,4,7,10,12-13H,1,3,5-6,8-9H2. The second-order valence-corrected chi connectivity index (χ2v) is 6.48. The maximum Gasteiger partial charge on any atom is 0.419 e. The van der Waals surface area contributed by atoms with Crippen LogP contribution in [0.4, 0.5) is 13.2 Å². The van der Waals surface area contributed by atoms with Gasteiger partial charge in [0.2, 0.25) is 0 Å². The third kappa shape index (κ3) is 3.15. The number of alkyl halides is 4. The van der Waals surface area contributed by atoms with Crippen LogP contribution in [0.3, 0.4) is 0 Å². The van der Waals surface area contributed by atoms with E-state index in [0.717, 1.165) is 18.4 Å². The van der Waals surface area contributed by atoms with Gasteiger partial charge in [0.15, 0.2) is 0 Å². The van der Waals surface area contributed by atoms with Crippen molar-refractivity contribution in [3.8, 4) is 5.75 Å². The molecule has 0 radical (unpaired) electrons. The van der Waals surface area contributed by atoms with E-state index in [1.807, 2.05) is 0 Å². The van der Waals surface area contributed by atoms with E-state index in [4.69, 9.17) is 16.3 Å². The molecule has 2 fully saturated rings. The molecule has 1 nitrogen and oxygen atoms in total. The zero-order valence-electron chi connectivity index (χ0n) is 11.6. The van der Waals surface area contributed by atoms with Gasteiger partial charge in [-0.05, 0) is 54.7 Å². The summed E-state index contributed by atoms with van der Waals surface area (Å²) in [6.07, 6.45) is 0.401. The first-order chi connectivity index (χ1) is 9.97. The molecule has 3 unspecified atom stereocenters. The Balaban J connectivity index is 1.72. The Morgan fingerprint density at radius 2 is 2.00 bits per heavy atom. The molecule has 3 atom stereocenters. The summed E-state index contributed by atoms with van der Waals surface area (Å²) in [5.41, 5.74) is -0.264. The Morgan fingerprint density at radius 1 is 1.19 bits per heavy atom. The lowest BCUT2D eigenvalue weighted by molar-refractivity contribution is -0.139. The molecule has 116 valence electrons. The molecule has 2 aliphatic carbocycles. The number of ether oxygens (including phenoxy) is 1. The number of hydrogen-bond donors (Lipinski definition) is 0. The summed E-state index contributed by atoms with van der Waals surface area (Å²) < 4.78 is 44.8. The molecule has 0 N–H and O–H groups in total. The van der Waals surface area contributed by atoms with Crippen LogP contribution in [0.25, 0.3) is 0 Å². The van der Waals surface area contributed by atoms with Gasteiger partial charge in [0, 0.05) is 5.88 Å². The van der Waals surface area contributed by atoms with Gasteiger partial charge in [-0.3, -0.25) is 0 Å². The Bertz CT molecular complexity index is 515. The normalized spacial score (nSPS) is 28.1. The van der Waals surface area contributed by atoms with Gasteiger partial charge in [-0.15, -0.1) is 11.6 Å². The van der Waals surface area contributed by atoms with Crippen LogP contribution in [0.1, 0.15) is 36.8 Å². The average molecular weight is 319 g/mol. The van der Waals surface area contributed by atoms with Crippen molar-refractivity contribution in [2.24, 2.45) is 17.8 Å². The van der Waals surface area contributed by atoms with Gasteiger partial charge in [-0.25, -0.2) is 0 Å². The van der Waals surface area contributed by atoms with Crippen molar-refractivity contribution in [1.82, 2.24) is 0 Å². The molecule has 0 aromatic heterocycles. The van der Waals surface area contributed by atoms with E-state index in [0.29, 0.717) is 24.0 Å². The highest BCUT2D eigenvalue weighted by atomic mass is 35.5. The van der Waals surface area contributed by atoms with Crippen LogP contribution in [0.5, 0.6) is 5.75 Å². The number of fused-ring (bicyclic) bond motifs is 2. The first-order valence-corrected chi connectivity index (χ1v) is 7.89. The van der Waals surface area contributed by atoms with Crippen molar-refractivity contribution in [2.75, 3.05) is 6.61 Å². The van der Waals surface area contributed by atoms with Gasteiger partial charge in [-0.2, -0.15) is 13.2 Å². The molecule has 1 aromatic carbocycles. The van der Waals surface area contributed by atoms with Crippen molar-refractivity contribution >= 4 is 11.6 Å². The van der Waals surface area contributed by atoms with Crippen molar-refractivity contribution < 1.29 is 17.9 Å². The third-order valence-electron chi connectivity index (χ3n) is 4.84. The highest BCUT2D eigenvalue weighted by Crippen LogP contribution is 2.48. The van der Waals surface area contributed by atoms with Crippen molar-refractivity contribution in [3.63, 3.8) is 0 Å². The minimum atomic E-state index is -4.41. The summed E-state index contributed by atoms with van der Waals surface area (Å²) >= 11 is 5.62. The average Bonchev–Trinajstić information content (AvgIpc) is 3.06. The summed E-state index contributed by atoms with van der Waals surface area (Å²) in [5.74, 6) is 1.82. The first kappa shape index (κ1) is 15.0. The van der Waals surface area contributed by atoms with Crippen LogP contribution in [-0.2, 0) is 12.1 Å². The predicted molar refractivity (Wildman–Crippen MR) is 75.4 cm³/mol. The van der Waals surface area contributed by atoms with Crippen molar-refractivity contribution in [1.29, 1.82) is 0 Å². The van der Waals surface area contributed by atoms with Crippen LogP contribution < -0.4 is 4.74 Å². The van der Waals surface area contributed by atoms with Crippen LogP contribution in [-0.4, -0.2) is 6.61 Å². The maximum atomic E-state index is 13.1. The van der Waals surface area contributed by atoms with E-state index in [9.17, 15) is 13.2 Å². The number of hydrogen-bond acceptors (Lipinski definition) is 1. The van der Waals surface area contributed by atoms with Gasteiger partial charge >= 0.3 is 6.18 Å². The van der Waals surface area contributed by atoms with Gasteiger partial charge in [-0.1, -0.05) is 12.5 Å². The molecule has 5 heteroatoms. The molecular weight excluding hydrogens is 301 g/mol. The van der Waals surface area contributed by atoms with E-state index >= 15 is 0 Å². The molecule has 3 rings (SSSR count). The smallest absolute Gasteiger partial charge is 0.419 e. The lowest BCUT2D eigenvalue weighted by Gasteiger charge is -2.23. The van der Waals surface area contributed by atoms with Crippen LogP contribution in [0, 0.1) is 17.8 Å². The van der Waals surface area contributed by atoms with Gasteiger partial charge in [0.05, 0.1) is 12.2 Å². The second kappa shape index (κ2) is 5.71. The van der Waals surface area contributed by atoms with E-state index in [1.165, 1.54) is 25.3 Å². The lowest BCUT2D eigenvalue weighted by Crippen LogP contribution is -2.20. The maximum absolute atomic E-state index is 13.1. The zero-order chi connectivity index (χ0) is 15.0. The van der Waals surface area contributed by atoms with Gasteiger partial charge in [0.1, 0.15) is 5.75 Å². The van der Waals surface area contributed by atoms with Gasteiger partial charge in [0.25, 0.3) is 0 Å². The van der Waals surface area contributed by atoms with E-state index in [1.54, 1.807) is 6.07 Å². The molecule has 0 saturated heterocycles. The summed E-state index contributed by atoms with van der Waals surface area (Å²) in [6, 6.07) is 4.08. The third-order valence-corrected chi connectivity index (χ3v) is 5.15. The quantitative estimate of drug-likeness (QED) is 0.688. The number of rotatable bonds is 4. The fraction of sp³-hybridized carbons (Fsp3) is 0.625. The van der Waals surface area contributed by atoms with Crippen LogP contribution >= 0.6 is 11.6 Å². The van der Waals surface area contributed by atoms with Gasteiger partial charge < -0.3 is 4.74 Å². The fourth-order valence-electron chi connectivity index (χ4n) is 3.79. The van der Waals surface area contributed by atoms with E-state index < -0.39 is 11.7 Å². The van der Waals surface area contributed by atoms with Crippen LogP contribution in [0.2, 0.25) is 0 Å². The van der Waals surface area contributed by atoms with Crippen molar-refractivity contribution in [2.45, 2.75) is 37.7 Å². The highest BCUT2D eigenvalue weighted by molar-refractivity contribution is 6.17. The van der Waals surface area contributed by atoms with Crippen molar-refractivity contribution in [3.05, 3.63) is 29.3 Å². The number of halogens is 4. The van der Waals surface area contributed by atoms with Crippen LogP contribution in [0.15, 0.2) is 18.2 Å². The number of benzene rings is 1. The largest absolute Gasteiger partial charge is 0.493 e. The highest BCUT2D eigenvalue weighted by Gasteiger charge is 2.40. The van der Waals surface area contributed by atoms with E-state index in [2.05, 4.69) is 0 Å². The molecule has 21 heavy (non-hydrogen) atoms. The molecule has 0 spiro atoms. The Labute approximate surface area is 127 Å². The fourth-order valence-corrected chi connectivity index (χ4v) is 3.95.